The zero-order valence-electron chi connectivity index (χ0n) is 19.4. The van der Waals surface area contributed by atoms with Gasteiger partial charge in [0.2, 0.25) is 0 Å². The van der Waals surface area contributed by atoms with Gasteiger partial charge in [-0.05, 0) is 55.3 Å². The Morgan fingerprint density at radius 1 is 0.912 bits per heavy atom. The van der Waals surface area contributed by atoms with Gasteiger partial charge in [-0.15, -0.1) is 0 Å². The second-order valence-electron chi connectivity index (χ2n) is 8.31. The Labute approximate surface area is 198 Å². The Hall–Kier alpha value is -3.87. The number of hydrogen-bond acceptors (Lipinski definition) is 4. The third-order valence-electron chi connectivity index (χ3n) is 6.11. The van der Waals surface area contributed by atoms with E-state index in [9.17, 15) is 14.0 Å². The zero-order valence-corrected chi connectivity index (χ0v) is 19.4. The molecule has 176 valence electrons. The monoisotopic (exact) mass is 461 g/mol. The van der Waals surface area contributed by atoms with E-state index in [1.54, 1.807) is 36.4 Å². The molecule has 1 saturated heterocycles. The van der Waals surface area contributed by atoms with Crippen LogP contribution in [0.2, 0.25) is 0 Å². The highest BCUT2D eigenvalue weighted by molar-refractivity contribution is 5.97. The molecule has 0 spiro atoms. The second-order valence-corrected chi connectivity index (χ2v) is 8.31. The number of amides is 2. The molecular weight excluding hydrogens is 433 g/mol. The molecule has 7 heteroatoms. The summed E-state index contributed by atoms with van der Waals surface area (Å²) >= 11 is 0. The summed E-state index contributed by atoms with van der Waals surface area (Å²) in [6.07, 6.45) is 0. The molecule has 0 aliphatic carbocycles. The molecule has 1 N–H and O–H groups in total. The van der Waals surface area contributed by atoms with Crippen molar-refractivity contribution in [1.29, 1.82) is 0 Å². The summed E-state index contributed by atoms with van der Waals surface area (Å²) in [6.45, 7) is 6.56. The minimum Gasteiger partial charge on any atom is -0.483 e. The van der Waals surface area contributed by atoms with E-state index < -0.39 is 11.7 Å². The Kier molecular flexibility index (Phi) is 7.11. The Morgan fingerprint density at radius 2 is 1.62 bits per heavy atom. The molecule has 3 aromatic rings. The first-order valence-electron chi connectivity index (χ1n) is 11.3. The normalized spacial score (nSPS) is 13.5. The Bertz CT molecular complexity index is 1190. The Morgan fingerprint density at radius 3 is 2.38 bits per heavy atom. The third-order valence-corrected chi connectivity index (χ3v) is 6.11. The molecule has 0 atom stereocenters. The molecule has 1 heterocycles. The molecule has 1 aliphatic heterocycles. The molecule has 0 radical (unpaired) electrons. The van der Waals surface area contributed by atoms with Gasteiger partial charge in [-0.25, -0.2) is 4.39 Å². The number of aryl methyl sites for hydroxylation is 1. The van der Waals surface area contributed by atoms with Gasteiger partial charge in [0.25, 0.3) is 11.8 Å². The van der Waals surface area contributed by atoms with E-state index in [0.29, 0.717) is 24.4 Å². The number of hydrogen-bond donors (Lipinski definition) is 1. The zero-order chi connectivity index (χ0) is 24.1. The summed E-state index contributed by atoms with van der Waals surface area (Å²) in [5, 5.41) is 2.48. The van der Waals surface area contributed by atoms with Crippen molar-refractivity contribution in [3.05, 3.63) is 89.2 Å². The second kappa shape index (κ2) is 10.4. The molecule has 0 bridgehead atoms. The maximum atomic E-state index is 13.8. The summed E-state index contributed by atoms with van der Waals surface area (Å²) in [4.78, 5) is 29.6. The molecule has 0 saturated carbocycles. The quantitative estimate of drug-likeness (QED) is 0.590. The standard InChI is InChI=1S/C27H28FN3O3/c1-19-8-7-12-24(20(19)2)30-14-16-31(17-15-30)27(33)21-9-3-6-13-25(21)34-18-26(32)29-23-11-5-4-10-22(23)28/h3-13H,14-18H2,1-2H3,(H,29,32). The van der Waals surface area contributed by atoms with Crippen molar-refractivity contribution in [2.45, 2.75) is 13.8 Å². The highest BCUT2D eigenvalue weighted by atomic mass is 19.1. The number of carbonyl (C=O) groups excluding carboxylic acids is 2. The predicted octanol–water partition coefficient (Wildman–Crippen LogP) is 4.42. The van der Waals surface area contributed by atoms with Crippen LogP contribution in [-0.4, -0.2) is 49.5 Å². The van der Waals surface area contributed by atoms with Crippen LogP contribution >= 0.6 is 0 Å². The number of benzene rings is 3. The summed E-state index contributed by atoms with van der Waals surface area (Å²) < 4.78 is 19.4. The van der Waals surface area contributed by atoms with Crippen LogP contribution in [-0.2, 0) is 4.79 Å². The van der Waals surface area contributed by atoms with E-state index in [0.717, 1.165) is 13.1 Å². The average Bonchev–Trinajstić information content (AvgIpc) is 2.86. The van der Waals surface area contributed by atoms with E-state index in [1.807, 2.05) is 4.90 Å². The lowest BCUT2D eigenvalue weighted by molar-refractivity contribution is -0.118. The van der Waals surface area contributed by atoms with Crippen LogP contribution in [0.15, 0.2) is 66.7 Å². The number of rotatable bonds is 6. The van der Waals surface area contributed by atoms with E-state index in [-0.39, 0.29) is 18.2 Å². The lowest BCUT2D eigenvalue weighted by atomic mass is 10.1. The van der Waals surface area contributed by atoms with Gasteiger partial charge in [0.05, 0.1) is 11.3 Å². The van der Waals surface area contributed by atoms with Crippen LogP contribution in [0.1, 0.15) is 21.5 Å². The highest BCUT2D eigenvalue weighted by Crippen LogP contribution is 2.25. The molecule has 34 heavy (non-hydrogen) atoms. The van der Waals surface area contributed by atoms with Gasteiger partial charge >= 0.3 is 0 Å². The van der Waals surface area contributed by atoms with Crippen LogP contribution < -0.4 is 15.0 Å². The van der Waals surface area contributed by atoms with E-state index in [2.05, 4.69) is 42.3 Å². The number of halogens is 1. The molecule has 1 aliphatic rings. The summed E-state index contributed by atoms with van der Waals surface area (Å²) in [5.74, 6) is -0.834. The lowest BCUT2D eigenvalue weighted by Crippen LogP contribution is -2.49. The van der Waals surface area contributed by atoms with Crippen molar-refractivity contribution in [2.24, 2.45) is 0 Å². The van der Waals surface area contributed by atoms with Crippen molar-refractivity contribution < 1.29 is 18.7 Å². The maximum Gasteiger partial charge on any atom is 0.262 e. The van der Waals surface area contributed by atoms with Gasteiger partial charge in [0.1, 0.15) is 11.6 Å². The molecule has 2 amide bonds. The van der Waals surface area contributed by atoms with Crippen LogP contribution in [0.4, 0.5) is 15.8 Å². The van der Waals surface area contributed by atoms with Gasteiger partial charge in [0, 0.05) is 31.9 Å². The number of nitrogens with zero attached hydrogens (tertiary/aromatic N) is 2. The number of piperazine rings is 1. The smallest absolute Gasteiger partial charge is 0.262 e. The summed E-state index contributed by atoms with van der Waals surface area (Å²) in [5.41, 5.74) is 4.20. The number of carbonyl (C=O) groups is 2. The van der Waals surface area contributed by atoms with Gasteiger partial charge in [0.15, 0.2) is 6.61 Å². The van der Waals surface area contributed by atoms with Gasteiger partial charge < -0.3 is 19.9 Å². The van der Waals surface area contributed by atoms with Crippen LogP contribution in [0.25, 0.3) is 0 Å². The van der Waals surface area contributed by atoms with Crippen molar-refractivity contribution in [3.63, 3.8) is 0 Å². The van der Waals surface area contributed by atoms with Gasteiger partial charge in [-0.3, -0.25) is 9.59 Å². The topological polar surface area (TPSA) is 61.9 Å². The van der Waals surface area contributed by atoms with E-state index >= 15 is 0 Å². The molecule has 3 aromatic carbocycles. The number of para-hydroxylation sites is 2. The van der Waals surface area contributed by atoms with Gasteiger partial charge in [-0.1, -0.05) is 36.4 Å². The van der Waals surface area contributed by atoms with Crippen molar-refractivity contribution >= 4 is 23.2 Å². The molecule has 4 rings (SSSR count). The highest BCUT2D eigenvalue weighted by Gasteiger charge is 2.25. The van der Waals surface area contributed by atoms with E-state index in [4.69, 9.17) is 4.74 Å². The van der Waals surface area contributed by atoms with Crippen molar-refractivity contribution in [2.75, 3.05) is 43.0 Å². The van der Waals surface area contributed by atoms with Crippen molar-refractivity contribution in [3.8, 4) is 5.75 Å². The average molecular weight is 462 g/mol. The van der Waals surface area contributed by atoms with Crippen LogP contribution in [0, 0.1) is 19.7 Å². The fraction of sp³-hybridized carbons (Fsp3) is 0.259. The summed E-state index contributed by atoms with van der Waals surface area (Å²) in [6, 6.07) is 19.1. The Balaban J connectivity index is 1.37. The fourth-order valence-corrected chi connectivity index (χ4v) is 4.06. The lowest BCUT2D eigenvalue weighted by Gasteiger charge is -2.37. The molecule has 0 aromatic heterocycles. The fourth-order valence-electron chi connectivity index (χ4n) is 4.06. The van der Waals surface area contributed by atoms with Crippen molar-refractivity contribution in [1.82, 2.24) is 4.90 Å². The number of anilines is 2. The first kappa shape index (κ1) is 23.3. The third kappa shape index (κ3) is 5.20. The first-order valence-corrected chi connectivity index (χ1v) is 11.3. The maximum absolute atomic E-state index is 13.8. The number of ether oxygens (including phenoxy) is 1. The predicted molar refractivity (Wildman–Crippen MR) is 131 cm³/mol. The molecular formula is C27H28FN3O3. The molecule has 1 fully saturated rings. The summed E-state index contributed by atoms with van der Waals surface area (Å²) in [7, 11) is 0. The SMILES string of the molecule is Cc1cccc(N2CCN(C(=O)c3ccccc3OCC(=O)Nc3ccccc3F)CC2)c1C. The van der Waals surface area contributed by atoms with Crippen LogP contribution in [0.3, 0.4) is 0 Å². The van der Waals surface area contributed by atoms with E-state index in [1.165, 1.54) is 28.9 Å². The first-order chi connectivity index (χ1) is 16.4. The largest absolute Gasteiger partial charge is 0.483 e. The van der Waals surface area contributed by atoms with Crippen LogP contribution in [0.5, 0.6) is 5.75 Å². The molecule has 0 unspecified atom stereocenters. The molecule has 6 nitrogen and oxygen atoms in total. The number of nitrogens with one attached hydrogen (secondary N) is 1. The minimum atomic E-state index is -0.522. The minimum absolute atomic E-state index is 0.0854. The van der Waals surface area contributed by atoms with Gasteiger partial charge in [-0.2, -0.15) is 0 Å².